The maximum atomic E-state index is 13.4. The number of nitrogens with one attached hydrogen (secondary N) is 1. The number of benzene rings is 1. The van der Waals surface area contributed by atoms with Crippen molar-refractivity contribution in [3.63, 3.8) is 0 Å². The van der Waals surface area contributed by atoms with Gasteiger partial charge in [0.15, 0.2) is 0 Å². The van der Waals surface area contributed by atoms with Gasteiger partial charge in [-0.3, -0.25) is 0 Å². The summed E-state index contributed by atoms with van der Waals surface area (Å²) in [7, 11) is 0. The number of anilines is 1. The van der Waals surface area contributed by atoms with E-state index in [-0.39, 0.29) is 5.82 Å². The van der Waals surface area contributed by atoms with Gasteiger partial charge in [-0.25, -0.2) is 4.39 Å². The molecule has 0 aliphatic heterocycles. The largest absolute Gasteiger partial charge is 0.380 e. The summed E-state index contributed by atoms with van der Waals surface area (Å²) in [5.74, 6) is 0.573. The van der Waals surface area contributed by atoms with Gasteiger partial charge in [0.1, 0.15) is 5.82 Å². The molecule has 1 aromatic carbocycles. The van der Waals surface area contributed by atoms with Crippen LogP contribution in [0.3, 0.4) is 0 Å². The van der Waals surface area contributed by atoms with Crippen LogP contribution in [0.1, 0.15) is 32.6 Å². The van der Waals surface area contributed by atoms with Crippen LogP contribution in [-0.4, -0.2) is 6.04 Å². The van der Waals surface area contributed by atoms with Crippen molar-refractivity contribution in [3.05, 3.63) is 30.1 Å². The minimum Gasteiger partial charge on any atom is -0.380 e. The van der Waals surface area contributed by atoms with E-state index < -0.39 is 0 Å². The van der Waals surface area contributed by atoms with E-state index in [0.29, 0.717) is 17.6 Å². The normalized spacial score (nSPS) is 25.5. The monoisotopic (exact) mass is 207 g/mol. The molecule has 0 bridgehead atoms. The Balaban J connectivity index is 2.05. The van der Waals surface area contributed by atoms with Gasteiger partial charge in [-0.05, 0) is 30.9 Å². The molecule has 1 saturated carbocycles. The minimum atomic E-state index is -0.140. The summed E-state index contributed by atoms with van der Waals surface area (Å²) >= 11 is 0. The van der Waals surface area contributed by atoms with Crippen molar-refractivity contribution in [3.8, 4) is 0 Å². The molecule has 1 aliphatic rings. The van der Waals surface area contributed by atoms with Crippen molar-refractivity contribution in [2.75, 3.05) is 5.32 Å². The number of hydrogen-bond acceptors (Lipinski definition) is 1. The highest BCUT2D eigenvalue weighted by molar-refractivity contribution is 5.45. The number of hydrogen-bond donors (Lipinski definition) is 1. The van der Waals surface area contributed by atoms with Crippen LogP contribution in [0.5, 0.6) is 0 Å². The molecule has 1 fully saturated rings. The predicted molar refractivity (Wildman–Crippen MR) is 61.4 cm³/mol. The van der Waals surface area contributed by atoms with E-state index in [4.69, 9.17) is 0 Å². The number of halogens is 1. The average Bonchev–Trinajstić information content (AvgIpc) is 2.69. The molecule has 2 heteroatoms. The molecule has 82 valence electrons. The zero-order chi connectivity index (χ0) is 10.7. The zero-order valence-corrected chi connectivity index (χ0v) is 9.17. The maximum absolute atomic E-state index is 13.4. The highest BCUT2D eigenvalue weighted by atomic mass is 19.1. The van der Waals surface area contributed by atoms with Crippen LogP contribution in [-0.2, 0) is 0 Å². The summed E-state index contributed by atoms with van der Waals surface area (Å²) in [5.41, 5.74) is 0.655. The summed E-state index contributed by atoms with van der Waals surface area (Å²) in [6.07, 6.45) is 4.91. The molecule has 15 heavy (non-hydrogen) atoms. The van der Waals surface area contributed by atoms with E-state index in [0.717, 1.165) is 0 Å². The van der Waals surface area contributed by atoms with E-state index in [1.807, 2.05) is 12.1 Å². The van der Waals surface area contributed by atoms with Crippen LogP contribution in [0.2, 0.25) is 0 Å². The van der Waals surface area contributed by atoms with Gasteiger partial charge in [-0.1, -0.05) is 31.9 Å². The molecule has 2 atom stereocenters. The van der Waals surface area contributed by atoms with Gasteiger partial charge in [0.2, 0.25) is 0 Å². The van der Waals surface area contributed by atoms with E-state index in [1.54, 1.807) is 6.07 Å². The average molecular weight is 207 g/mol. The first-order valence-electron chi connectivity index (χ1n) is 5.82. The van der Waals surface area contributed by atoms with Crippen LogP contribution in [0, 0.1) is 11.7 Å². The maximum Gasteiger partial charge on any atom is 0.146 e. The first kappa shape index (κ1) is 10.5. The summed E-state index contributed by atoms with van der Waals surface area (Å²) < 4.78 is 13.4. The van der Waals surface area contributed by atoms with Crippen molar-refractivity contribution in [1.82, 2.24) is 0 Å². The van der Waals surface area contributed by atoms with Gasteiger partial charge in [-0.2, -0.15) is 0 Å². The summed E-state index contributed by atoms with van der Waals surface area (Å²) in [4.78, 5) is 0. The molecule has 2 rings (SSSR count). The van der Waals surface area contributed by atoms with Gasteiger partial charge in [0, 0.05) is 6.04 Å². The Bertz CT molecular complexity index is 324. The third-order valence-electron chi connectivity index (χ3n) is 3.40. The zero-order valence-electron chi connectivity index (χ0n) is 9.17. The molecule has 0 saturated heterocycles. The third kappa shape index (κ3) is 2.31. The molecule has 0 aromatic heterocycles. The topological polar surface area (TPSA) is 12.0 Å². The van der Waals surface area contributed by atoms with Gasteiger partial charge >= 0.3 is 0 Å². The molecule has 0 spiro atoms. The lowest BCUT2D eigenvalue weighted by atomic mass is 10.0. The van der Waals surface area contributed by atoms with Gasteiger partial charge in [0.05, 0.1) is 5.69 Å². The molecule has 0 heterocycles. The van der Waals surface area contributed by atoms with Crippen molar-refractivity contribution in [2.45, 2.75) is 38.6 Å². The highest BCUT2D eigenvalue weighted by Crippen LogP contribution is 2.31. The second-order valence-corrected chi connectivity index (χ2v) is 4.33. The number of rotatable bonds is 3. The van der Waals surface area contributed by atoms with E-state index in [2.05, 4.69) is 12.2 Å². The Morgan fingerprint density at radius 2 is 2.13 bits per heavy atom. The van der Waals surface area contributed by atoms with Crippen molar-refractivity contribution in [1.29, 1.82) is 0 Å². The van der Waals surface area contributed by atoms with E-state index >= 15 is 0 Å². The van der Waals surface area contributed by atoms with Gasteiger partial charge in [-0.15, -0.1) is 0 Å². The van der Waals surface area contributed by atoms with Crippen molar-refractivity contribution >= 4 is 5.69 Å². The van der Waals surface area contributed by atoms with Gasteiger partial charge < -0.3 is 5.32 Å². The van der Waals surface area contributed by atoms with E-state index in [1.165, 1.54) is 31.7 Å². The standard InChI is InChI=1S/C13H18FN/c1-2-10-6-5-9-12(10)15-13-8-4-3-7-11(13)14/h3-4,7-8,10,12,15H,2,5-6,9H2,1H3. The Morgan fingerprint density at radius 1 is 1.33 bits per heavy atom. The Morgan fingerprint density at radius 3 is 2.87 bits per heavy atom. The summed E-state index contributed by atoms with van der Waals surface area (Å²) in [5, 5.41) is 3.34. The molecule has 1 aliphatic carbocycles. The lowest BCUT2D eigenvalue weighted by Gasteiger charge is -2.21. The molecular formula is C13H18FN. The van der Waals surface area contributed by atoms with Crippen LogP contribution in [0.25, 0.3) is 0 Å². The van der Waals surface area contributed by atoms with Crippen molar-refractivity contribution < 1.29 is 4.39 Å². The fraction of sp³-hybridized carbons (Fsp3) is 0.538. The third-order valence-corrected chi connectivity index (χ3v) is 3.40. The summed E-state index contributed by atoms with van der Waals surface area (Å²) in [6.45, 7) is 2.21. The second kappa shape index (κ2) is 4.65. The first-order chi connectivity index (χ1) is 7.31. The smallest absolute Gasteiger partial charge is 0.146 e. The predicted octanol–water partition coefficient (Wildman–Crippen LogP) is 3.82. The molecule has 1 N–H and O–H groups in total. The second-order valence-electron chi connectivity index (χ2n) is 4.33. The molecule has 1 nitrogen and oxygen atoms in total. The van der Waals surface area contributed by atoms with Crippen LogP contribution < -0.4 is 5.32 Å². The fourth-order valence-electron chi connectivity index (χ4n) is 2.49. The molecule has 0 radical (unpaired) electrons. The number of para-hydroxylation sites is 1. The lowest BCUT2D eigenvalue weighted by Crippen LogP contribution is -2.23. The Labute approximate surface area is 90.7 Å². The van der Waals surface area contributed by atoms with Crippen LogP contribution in [0.15, 0.2) is 24.3 Å². The Hall–Kier alpha value is -1.05. The van der Waals surface area contributed by atoms with Crippen LogP contribution in [0.4, 0.5) is 10.1 Å². The molecule has 2 unspecified atom stereocenters. The molecular weight excluding hydrogens is 189 g/mol. The van der Waals surface area contributed by atoms with Gasteiger partial charge in [0.25, 0.3) is 0 Å². The summed E-state index contributed by atoms with van der Waals surface area (Å²) in [6, 6.07) is 7.40. The molecule has 1 aromatic rings. The Kier molecular flexibility index (Phi) is 3.24. The van der Waals surface area contributed by atoms with E-state index in [9.17, 15) is 4.39 Å². The fourth-order valence-corrected chi connectivity index (χ4v) is 2.49. The van der Waals surface area contributed by atoms with Crippen molar-refractivity contribution in [2.24, 2.45) is 5.92 Å². The lowest BCUT2D eigenvalue weighted by molar-refractivity contribution is 0.486. The quantitative estimate of drug-likeness (QED) is 0.794. The first-order valence-corrected chi connectivity index (χ1v) is 5.82. The SMILES string of the molecule is CCC1CCCC1Nc1ccccc1F. The highest BCUT2D eigenvalue weighted by Gasteiger charge is 2.25. The molecule has 0 amide bonds. The van der Waals surface area contributed by atoms with Crippen LogP contribution >= 0.6 is 0 Å². The minimum absolute atomic E-state index is 0.140.